The second kappa shape index (κ2) is 6.91. The molecule has 2 rings (SSSR count). The molecule has 0 bridgehead atoms. The molecule has 1 aliphatic rings. The van der Waals surface area contributed by atoms with Crippen molar-refractivity contribution >= 4 is 0 Å². The van der Waals surface area contributed by atoms with Gasteiger partial charge in [0.1, 0.15) is 0 Å². The summed E-state index contributed by atoms with van der Waals surface area (Å²) < 4.78 is 5.27. The third-order valence-corrected chi connectivity index (χ3v) is 4.17. The summed E-state index contributed by atoms with van der Waals surface area (Å²) in [6, 6.07) is 10.6. The van der Waals surface area contributed by atoms with E-state index in [1.165, 1.54) is 37.7 Å². The molecule has 100 valence electrons. The van der Waals surface area contributed by atoms with Crippen LogP contribution < -0.4 is 5.32 Å². The first-order valence-electron chi connectivity index (χ1n) is 7.08. The minimum Gasteiger partial charge on any atom is -0.385 e. The number of rotatable bonds is 7. The van der Waals surface area contributed by atoms with E-state index in [4.69, 9.17) is 4.74 Å². The number of hydrogen-bond donors (Lipinski definition) is 1. The number of methoxy groups -OCH3 is 1. The molecule has 0 spiro atoms. The van der Waals surface area contributed by atoms with Crippen LogP contribution in [0.5, 0.6) is 0 Å². The molecular weight excluding hydrogens is 222 g/mol. The lowest BCUT2D eigenvalue weighted by Crippen LogP contribution is -2.32. The maximum absolute atomic E-state index is 5.27. The molecule has 18 heavy (non-hydrogen) atoms. The van der Waals surface area contributed by atoms with Crippen LogP contribution in [0.3, 0.4) is 0 Å². The first kappa shape index (κ1) is 13.6. The Morgan fingerprint density at radius 2 is 1.89 bits per heavy atom. The van der Waals surface area contributed by atoms with E-state index in [9.17, 15) is 0 Å². The normalized spacial score (nSPS) is 18.1. The average molecular weight is 247 g/mol. The second-order valence-corrected chi connectivity index (χ2v) is 5.54. The highest BCUT2D eigenvalue weighted by Crippen LogP contribution is 2.40. The minimum atomic E-state index is 0.491. The van der Waals surface area contributed by atoms with Gasteiger partial charge in [-0.25, -0.2) is 0 Å². The minimum absolute atomic E-state index is 0.491. The van der Waals surface area contributed by atoms with Crippen molar-refractivity contribution in [1.82, 2.24) is 5.32 Å². The van der Waals surface area contributed by atoms with Crippen LogP contribution in [0.1, 0.15) is 37.7 Å². The fraction of sp³-hybridized carbons (Fsp3) is 0.625. The van der Waals surface area contributed by atoms with Gasteiger partial charge in [0.25, 0.3) is 0 Å². The Morgan fingerprint density at radius 3 is 2.56 bits per heavy atom. The van der Waals surface area contributed by atoms with E-state index < -0.39 is 0 Å². The summed E-state index contributed by atoms with van der Waals surface area (Å²) >= 11 is 0. The zero-order valence-electron chi connectivity index (χ0n) is 11.5. The van der Waals surface area contributed by atoms with Crippen LogP contribution in [0.15, 0.2) is 30.3 Å². The molecule has 0 heterocycles. The van der Waals surface area contributed by atoms with Gasteiger partial charge in [0.05, 0.1) is 0 Å². The lowest BCUT2D eigenvalue weighted by atomic mass is 9.83. The zero-order chi connectivity index (χ0) is 12.7. The van der Waals surface area contributed by atoms with Crippen molar-refractivity contribution in [3.63, 3.8) is 0 Å². The SMILES string of the molecule is COCCC1(CNCc2ccccc2)CCCC1. The highest BCUT2D eigenvalue weighted by molar-refractivity contribution is 5.14. The van der Waals surface area contributed by atoms with Crippen LogP contribution in [-0.4, -0.2) is 20.3 Å². The second-order valence-electron chi connectivity index (χ2n) is 5.54. The van der Waals surface area contributed by atoms with Gasteiger partial charge in [0.15, 0.2) is 0 Å². The highest BCUT2D eigenvalue weighted by atomic mass is 16.5. The molecule has 2 nitrogen and oxygen atoms in total. The fourth-order valence-electron chi connectivity index (χ4n) is 3.03. The van der Waals surface area contributed by atoms with Crippen LogP contribution in [0, 0.1) is 5.41 Å². The standard InChI is InChI=1S/C16H25NO/c1-18-12-11-16(9-5-6-10-16)14-17-13-15-7-3-2-4-8-15/h2-4,7-8,17H,5-6,9-14H2,1H3. The van der Waals surface area contributed by atoms with Crippen LogP contribution >= 0.6 is 0 Å². The number of hydrogen-bond acceptors (Lipinski definition) is 2. The van der Waals surface area contributed by atoms with Gasteiger partial charge in [-0.05, 0) is 30.2 Å². The summed E-state index contributed by atoms with van der Waals surface area (Å²) in [6.45, 7) is 3.01. The van der Waals surface area contributed by atoms with Gasteiger partial charge in [-0.1, -0.05) is 43.2 Å². The Kier molecular flexibility index (Phi) is 5.21. The summed E-state index contributed by atoms with van der Waals surface area (Å²) in [5.74, 6) is 0. The average Bonchev–Trinajstić information content (AvgIpc) is 2.87. The number of nitrogens with one attached hydrogen (secondary N) is 1. The van der Waals surface area contributed by atoms with E-state index >= 15 is 0 Å². The van der Waals surface area contributed by atoms with Gasteiger partial charge in [-0.15, -0.1) is 0 Å². The molecule has 1 saturated carbocycles. The third kappa shape index (κ3) is 3.82. The molecule has 1 fully saturated rings. The van der Waals surface area contributed by atoms with Crippen molar-refractivity contribution in [3.05, 3.63) is 35.9 Å². The molecule has 1 aromatic carbocycles. The molecule has 2 heteroatoms. The predicted molar refractivity (Wildman–Crippen MR) is 75.5 cm³/mol. The maximum Gasteiger partial charge on any atom is 0.0468 e. The van der Waals surface area contributed by atoms with Gasteiger partial charge in [0, 0.05) is 26.8 Å². The summed E-state index contributed by atoms with van der Waals surface area (Å²) in [7, 11) is 1.81. The number of ether oxygens (including phenoxy) is 1. The van der Waals surface area contributed by atoms with Crippen molar-refractivity contribution in [1.29, 1.82) is 0 Å². The molecule has 0 radical (unpaired) electrons. The van der Waals surface area contributed by atoms with Crippen molar-refractivity contribution in [3.8, 4) is 0 Å². The molecule has 1 aliphatic carbocycles. The molecule has 1 N–H and O–H groups in total. The van der Waals surface area contributed by atoms with Crippen LogP contribution in [0.2, 0.25) is 0 Å². The summed E-state index contributed by atoms with van der Waals surface area (Å²) in [4.78, 5) is 0. The monoisotopic (exact) mass is 247 g/mol. The molecule has 0 saturated heterocycles. The van der Waals surface area contributed by atoms with Crippen LogP contribution in [-0.2, 0) is 11.3 Å². The van der Waals surface area contributed by atoms with E-state index in [1.807, 2.05) is 0 Å². The fourth-order valence-corrected chi connectivity index (χ4v) is 3.03. The Balaban J connectivity index is 1.79. The zero-order valence-corrected chi connectivity index (χ0v) is 11.5. The quantitative estimate of drug-likeness (QED) is 0.797. The van der Waals surface area contributed by atoms with Gasteiger partial charge in [-0.2, -0.15) is 0 Å². The number of benzene rings is 1. The van der Waals surface area contributed by atoms with Crippen LogP contribution in [0.25, 0.3) is 0 Å². The van der Waals surface area contributed by atoms with E-state index in [2.05, 4.69) is 35.6 Å². The molecule has 1 aromatic rings. The molecule has 0 aliphatic heterocycles. The van der Waals surface area contributed by atoms with E-state index in [0.29, 0.717) is 5.41 Å². The molecule has 0 atom stereocenters. The summed E-state index contributed by atoms with van der Waals surface area (Å²) in [6.07, 6.45) is 6.69. The summed E-state index contributed by atoms with van der Waals surface area (Å²) in [5.41, 5.74) is 1.86. The first-order chi connectivity index (χ1) is 8.85. The van der Waals surface area contributed by atoms with Gasteiger partial charge >= 0.3 is 0 Å². The van der Waals surface area contributed by atoms with Crippen molar-refractivity contribution in [2.75, 3.05) is 20.3 Å². The van der Waals surface area contributed by atoms with E-state index in [1.54, 1.807) is 7.11 Å². The molecule has 0 amide bonds. The lowest BCUT2D eigenvalue weighted by molar-refractivity contribution is 0.135. The predicted octanol–water partition coefficient (Wildman–Crippen LogP) is 3.37. The first-order valence-corrected chi connectivity index (χ1v) is 7.08. The van der Waals surface area contributed by atoms with Gasteiger partial charge < -0.3 is 10.1 Å². The Labute approximate surface area is 111 Å². The Bertz CT molecular complexity index is 330. The Hall–Kier alpha value is -0.860. The van der Waals surface area contributed by atoms with E-state index in [-0.39, 0.29) is 0 Å². The maximum atomic E-state index is 5.27. The van der Waals surface area contributed by atoms with Crippen molar-refractivity contribution < 1.29 is 4.74 Å². The van der Waals surface area contributed by atoms with E-state index in [0.717, 1.165) is 19.7 Å². The Morgan fingerprint density at radius 1 is 1.17 bits per heavy atom. The van der Waals surface area contributed by atoms with Gasteiger partial charge in [0.2, 0.25) is 0 Å². The lowest BCUT2D eigenvalue weighted by Gasteiger charge is -2.29. The smallest absolute Gasteiger partial charge is 0.0468 e. The largest absolute Gasteiger partial charge is 0.385 e. The third-order valence-electron chi connectivity index (χ3n) is 4.17. The van der Waals surface area contributed by atoms with Gasteiger partial charge in [-0.3, -0.25) is 0 Å². The topological polar surface area (TPSA) is 21.3 Å². The highest BCUT2D eigenvalue weighted by Gasteiger charge is 2.32. The van der Waals surface area contributed by atoms with Crippen molar-refractivity contribution in [2.45, 2.75) is 38.6 Å². The molecule has 0 aromatic heterocycles. The summed E-state index contributed by atoms with van der Waals surface area (Å²) in [5, 5.41) is 3.64. The molecular formula is C16H25NO. The van der Waals surface area contributed by atoms with Crippen LogP contribution in [0.4, 0.5) is 0 Å². The molecule has 0 unspecified atom stereocenters. The van der Waals surface area contributed by atoms with Crippen molar-refractivity contribution in [2.24, 2.45) is 5.41 Å².